The molecule has 17 heavy (non-hydrogen) atoms. The molecule has 1 aliphatic rings. The lowest BCUT2D eigenvalue weighted by atomic mass is 10.0. The molecule has 0 unspecified atom stereocenters. The van der Waals surface area contributed by atoms with Gasteiger partial charge in [0.1, 0.15) is 0 Å². The van der Waals surface area contributed by atoms with E-state index >= 15 is 0 Å². The van der Waals surface area contributed by atoms with Crippen molar-refractivity contribution in [2.45, 2.75) is 18.7 Å². The summed E-state index contributed by atoms with van der Waals surface area (Å²) in [4.78, 5) is 6.87. The monoisotopic (exact) mass is 264 g/mol. The number of aryl methyl sites for hydroxylation is 1. The number of rotatable bonds is 2. The third kappa shape index (κ3) is 2.05. The Morgan fingerprint density at radius 1 is 1.35 bits per heavy atom. The number of anilines is 2. The van der Waals surface area contributed by atoms with Gasteiger partial charge in [0.05, 0.1) is 11.6 Å². The average Bonchev–Trinajstić information content (AvgIpc) is 2.87. The van der Waals surface area contributed by atoms with Crippen molar-refractivity contribution in [3.63, 3.8) is 0 Å². The number of halogens is 1. The van der Waals surface area contributed by atoms with Crippen molar-refractivity contribution < 1.29 is 0 Å². The van der Waals surface area contributed by atoms with Crippen molar-refractivity contribution in [3.8, 4) is 0 Å². The minimum Gasteiger partial charge on any atom is -0.318 e. The summed E-state index contributed by atoms with van der Waals surface area (Å²) in [5, 5.41) is 3.10. The van der Waals surface area contributed by atoms with Crippen LogP contribution in [0.1, 0.15) is 17.7 Å². The predicted molar refractivity (Wildman–Crippen MR) is 73.4 cm³/mol. The Bertz CT molecular complexity index is 524. The van der Waals surface area contributed by atoms with Crippen molar-refractivity contribution in [2.75, 3.05) is 11.4 Å². The first-order valence-electron chi connectivity index (χ1n) is 5.74. The number of nitrogens with zero attached hydrogens (tertiary/aromatic N) is 2. The van der Waals surface area contributed by atoms with E-state index in [1.807, 2.05) is 5.38 Å². The van der Waals surface area contributed by atoms with Gasteiger partial charge in [-0.3, -0.25) is 0 Å². The molecule has 0 saturated carbocycles. The van der Waals surface area contributed by atoms with Gasteiger partial charge in [-0.1, -0.05) is 18.2 Å². The van der Waals surface area contributed by atoms with Gasteiger partial charge in [-0.25, -0.2) is 4.98 Å². The van der Waals surface area contributed by atoms with Crippen LogP contribution in [-0.2, 0) is 12.3 Å². The second-order valence-electron chi connectivity index (χ2n) is 4.14. The first kappa shape index (κ1) is 11.1. The number of hydrogen-bond donors (Lipinski definition) is 0. The topological polar surface area (TPSA) is 16.1 Å². The third-order valence-electron chi connectivity index (χ3n) is 3.02. The van der Waals surface area contributed by atoms with Gasteiger partial charge in [-0.05, 0) is 24.5 Å². The number of hydrogen-bond acceptors (Lipinski definition) is 3. The van der Waals surface area contributed by atoms with Crippen LogP contribution in [0, 0.1) is 0 Å². The number of para-hydroxylation sites is 1. The summed E-state index contributed by atoms with van der Waals surface area (Å²) < 4.78 is 0. The largest absolute Gasteiger partial charge is 0.318 e. The van der Waals surface area contributed by atoms with Crippen molar-refractivity contribution in [1.29, 1.82) is 0 Å². The van der Waals surface area contributed by atoms with Gasteiger partial charge in [-0.2, -0.15) is 0 Å². The molecule has 0 spiro atoms. The van der Waals surface area contributed by atoms with Gasteiger partial charge in [0.15, 0.2) is 5.13 Å². The molecule has 3 rings (SSSR count). The highest BCUT2D eigenvalue weighted by molar-refractivity contribution is 7.13. The lowest BCUT2D eigenvalue weighted by Crippen LogP contribution is -2.24. The van der Waals surface area contributed by atoms with E-state index in [9.17, 15) is 0 Å². The molecule has 0 bridgehead atoms. The van der Waals surface area contributed by atoms with Crippen LogP contribution in [-0.4, -0.2) is 11.5 Å². The fourth-order valence-corrected chi connectivity index (χ4v) is 3.31. The summed E-state index contributed by atoms with van der Waals surface area (Å²) in [6.07, 6.45) is 2.35. The van der Waals surface area contributed by atoms with E-state index in [1.54, 1.807) is 11.3 Å². The van der Waals surface area contributed by atoms with E-state index in [4.69, 9.17) is 11.6 Å². The van der Waals surface area contributed by atoms with Crippen LogP contribution >= 0.6 is 22.9 Å². The van der Waals surface area contributed by atoms with Crippen LogP contribution < -0.4 is 4.90 Å². The summed E-state index contributed by atoms with van der Waals surface area (Å²) in [5.74, 6) is 0.492. The van der Waals surface area contributed by atoms with Crippen LogP contribution in [0.25, 0.3) is 0 Å². The molecule has 1 aromatic heterocycles. The zero-order chi connectivity index (χ0) is 11.7. The quantitative estimate of drug-likeness (QED) is 0.763. The molecule has 0 amide bonds. The van der Waals surface area contributed by atoms with Gasteiger partial charge in [0, 0.05) is 17.6 Å². The number of fused-ring (bicyclic) bond motifs is 1. The Morgan fingerprint density at radius 2 is 2.24 bits per heavy atom. The second-order valence-corrected chi connectivity index (χ2v) is 5.24. The van der Waals surface area contributed by atoms with E-state index in [0.717, 1.165) is 17.4 Å². The molecule has 0 saturated heterocycles. The molecule has 2 aromatic rings. The van der Waals surface area contributed by atoms with Crippen LogP contribution in [0.2, 0.25) is 0 Å². The molecule has 0 N–H and O–H groups in total. The molecule has 0 aliphatic carbocycles. The minimum absolute atomic E-state index is 0.492. The van der Waals surface area contributed by atoms with E-state index in [-0.39, 0.29) is 0 Å². The van der Waals surface area contributed by atoms with Gasteiger partial charge in [0.25, 0.3) is 0 Å². The van der Waals surface area contributed by atoms with E-state index in [1.165, 1.54) is 24.1 Å². The Morgan fingerprint density at radius 3 is 3.06 bits per heavy atom. The molecular formula is C13H13ClN2S. The van der Waals surface area contributed by atoms with Crippen molar-refractivity contribution in [3.05, 3.63) is 40.9 Å². The van der Waals surface area contributed by atoms with E-state index in [2.05, 4.69) is 34.1 Å². The fraction of sp³-hybridized carbons (Fsp3) is 0.308. The van der Waals surface area contributed by atoms with Gasteiger partial charge < -0.3 is 4.90 Å². The summed E-state index contributed by atoms with van der Waals surface area (Å²) in [5.41, 5.74) is 3.69. The summed E-state index contributed by atoms with van der Waals surface area (Å²) in [6.45, 7) is 1.05. The summed E-state index contributed by atoms with van der Waals surface area (Å²) >= 11 is 7.48. The van der Waals surface area contributed by atoms with Crippen molar-refractivity contribution >= 4 is 33.8 Å². The van der Waals surface area contributed by atoms with Gasteiger partial charge >= 0.3 is 0 Å². The fourth-order valence-electron chi connectivity index (χ4n) is 2.21. The van der Waals surface area contributed by atoms with Gasteiger partial charge in [-0.15, -0.1) is 22.9 Å². The lowest BCUT2D eigenvalue weighted by molar-refractivity contribution is 0.764. The lowest BCUT2D eigenvalue weighted by Gasteiger charge is -2.28. The Kier molecular flexibility index (Phi) is 3.04. The van der Waals surface area contributed by atoms with Crippen LogP contribution in [0.5, 0.6) is 0 Å². The van der Waals surface area contributed by atoms with Crippen LogP contribution in [0.15, 0.2) is 29.6 Å². The molecule has 2 heterocycles. The Balaban J connectivity index is 1.99. The Hall–Kier alpha value is -1.06. The predicted octanol–water partition coefficient (Wildman–Crippen LogP) is 3.97. The molecule has 0 fully saturated rings. The number of benzene rings is 1. The zero-order valence-corrected chi connectivity index (χ0v) is 11.0. The molecule has 0 radical (unpaired) electrons. The highest BCUT2D eigenvalue weighted by Gasteiger charge is 2.19. The first-order chi connectivity index (χ1) is 8.38. The highest BCUT2D eigenvalue weighted by Crippen LogP contribution is 2.34. The van der Waals surface area contributed by atoms with Crippen molar-refractivity contribution in [2.24, 2.45) is 0 Å². The van der Waals surface area contributed by atoms with Gasteiger partial charge in [0.2, 0.25) is 0 Å². The zero-order valence-electron chi connectivity index (χ0n) is 9.40. The van der Waals surface area contributed by atoms with Crippen molar-refractivity contribution in [1.82, 2.24) is 4.98 Å². The molecule has 1 aliphatic heterocycles. The smallest absolute Gasteiger partial charge is 0.190 e. The van der Waals surface area contributed by atoms with E-state index < -0.39 is 0 Å². The molecule has 88 valence electrons. The second kappa shape index (κ2) is 4.67. The molecular weight excluding hydrogens is 252 g/mol. The Labute approximate surface area is 110 Å². The maximum atomic E-state index is 5.81. The maximum absolute atomic E-state index is 5.81. The maximum Gasteiger partial charge on any atom is 0.190 e. The van der Waals surface area contributed by atoms with Crippen LogP contribution in [0.3, 0.4) is 0 Å². The molecule has 2 nitrogen and oxygen atoms in total. The van der Waals surface area contributed by atoms with E-state index in [0.29, 0.717) is 5.88 Å². The molecule has 1 aromatic carbocycles. The standard InChI is InChI=1S/C13H13ClN2S/c14-8-11-9-17-13(15-11)16-7-3-5-10-4-1-2-6-12(10)16/h1-2,4,6,9H,3,5,7-8H2. The first-order valence-corrected chi connectivity index (χ1v) is 7.16. The average molecular weight is 265 g/mol. The molecule has 0 atom stereocenters. The highest BCUT2D eigenvalue weighted by atomic mass is 35.5. The number of aromatic nitrogens is 1. The van der Waals surface area contributed by atoms with Crippen LogP contribution in [0.4, 0.5) is 10.8 Å². The summed E-state index contributed by atoms with van der Waals surface area (Å²) in [6, 6.07) is 8.58. The number of alkyl halides is 1. The summed E-state index contributed by atoms with van der Waals surface area (Å²) in [7, 11) is 0. The minimum atomic E-state index is 0.492. The third-order valence-corrected chi connectivity index (χ3v) is 4.20. The number of thiazole rings is 1. The normalized spacial score (nSPS) is 14.8. The molecule has 4 heteroatoms. The SMILES string of the molecule is ClCc1csc(N2CCCc3ccccc32)n1.